The molecule has 5 heteroatoms. The van der Waals surface area contributed by atoms with Crippen LogP contribution in [0.25, 0.3) is 0 Å². The van der Waals surface area contributed by atoms with Gasteiger partial charge in [0, 0.05) is 17.1 Å². The minimum atomic E-state index is -0.222. The van der Waals surface area contributed by atoms with Crippen molar-refractivity contribution >= 4 is 15.9 Å². The summed E-state index contributed by atoms with van der Waals surface area (Å²) in [6.07, 6.45) is 0.502. The number of rotatable bonds is 6. The van der Waals surface area contributed by atoms with E-state index in [2.05, 4.69) is 21.4 Å². The number of nitrogens with two attached hydrogens (primary N) is 1. The standard InChI is InChI=1S/C11H16BrFN2O/c1-2-16-7-10(15-14)6-8-5-9(12)3-4-11(8)13/h3-5,10,15H,2,6-7,14H2,1H3. The van der Waals surface area contributed by atoms with Crippen molar-refractivity contribution in [1.29, 1.82) is 0 Å². The molecular weight excluding hydrogens is 275 g/mol. The van der Waals surface area contributed by atoms with Crippen LogP contribution in [0.15, 0.2) is 22.7 Å². The smallest absolute Gasteiger partial charge is 0.126 e. The number of hydrogen-bond acceptors (Lipinski definition) is 3. The largest absolute Gasteiger partial charge is 0.380 e. The Balaban J connectivity index is 2.65. The summed E-state index contributed by atoms with van der Waals surface area (Å²) in [4.78, 5) is 0. The number of hydrogen-bond donors (Lipinski definition) is 2. The summed E-state index contributed by atoms with van der Waals surface area (Å²) in [5, 5.41) is 0. The molecule has 0 aliphatic heterocycles. The van der Waals surface area contributed by atoms with Crippen molar-refractivity contribution in [2.75, 3.05) is 13.2 Å². The number of hydrazine groups is 1. The highest BCUT2D eigenvalue weighted by Crippen LogP contribution is 2.16. The van der Waals surface area contributed by atoms with E-state index < -0.39 is 0 Å². The minimum Gasteiger partial charge on any atom is -0.380 e. The molecule has 3 N–H and O–H groups in total. The highest BCUT2D eigenvalue weighted by molar-refractivity contribution is 9.10. The van der Waals surface area contributed by atoms with E-state index in [1.165, 1.54) is 6.07 Å². The van der Waals surface area contributed by atoms with E-state index in [1.54, 1.807) is 12.1 Å². The Hall–Kier alpha value is -0.490. The molecule has 1 aromatic rings. The maximum absolute atomic E-state index is 13.5. The Morgan fingerprint density at radius 3 is 2.94 bits per heavy atom. The molecule has 1 rings (SSSR count). The number of halogens is 2. The lowest BCUT2D eigenvalue weighted by molar-refractivity contribution is 0.122. The third-order valence-corrected chi connectivity index (χ3v) is 2.73. The molecule has 0 heterocycles. The van der Waals surface area contributed by atoms with Gasteiger partial charge in [0.25, 0.3) is 0 Å². The Labute approximate surface area is 103 Å². The summed E-state index contributed by atoms with van der Waals surface area (Å²) in [6, 6.07) is 4.79. The van der Waals surface area contributed by atoms with Gasteiger partial charge in [0.1, 0.15) is 5.82 Å². The van der Waals surface area contributed by atoms with E-state index in [9.17, 15) is 4.39 Å². The summed E-state index contributed by atoms with van der Waals surface area (Å²) in [7, 11) is 0. The molecule has 0 bridgehead atoms. The van der Waals surface area contributed by atoms with E-state index in [0.717, 1.165) is 4.47 Å². The quantitative estimate of drug-likeness (QED) is 0.622. The SMILES string of the molecule is CCOCC(Cc1cc(Br)ccc1F)NN. The van der Waals surface area contributed by atoms with Gasteiger partial charge in [0.2, 0.25) is 0 Å². The highest BCUT2D eigenvalue weighted by atomic mass is 79.9. The molecule has 0 radical (unpaired) electrons. The number of ether oxygens (including phenoxy) is 1. The molecule has 90 valence electrons. The van der Waals surface area contributed by atoms with Gasteiger partial charge in [-0.1, -0.05) is 15.9 Å². The first kappa shape index (κ1) is 13.6. The fraction of sp³-hybridized carbons (Fsp3) is 0.455. The average molecular weight is 291 g/mol. The van der Waals surface area contributed by atoms with Crippen LogP contribution in [0.2, 0.25) is 0 Å². The average Bonchev–Trinajstić information content (AvgIpc) is 2.28. The Bertz CT molecular complexity index is 336. The molecule has 3 nitrogen and oxygen atoms in total. The van der Waals surface area contributed by atoms with E-state index in [-0.39, 0.29) is 11.9 Å². The second kappa shape index (κ2) is 6.96. The van der Waals surface area contributed by atoms with Gasteiger partial charge in [-0.15, -0.1) is 0 Å². The van der Waals surface area contributed by atoms with Crippen molar-refractivity contribution in [3.8, 4) is 0 Å². The molecule has 0 amide bonds. The van der Waals surface area contributed by atoms with E-state index in [1.807, 2.05) is 6.92 Å². The van der Waals surface area contributed by atoms with Crippen LogP contribution in [0.3, 0.4) is 0 Å². The topological polar surface area (TPSA) is 47.3 Å². The van der Waals surface area contributed by atoms with Crippen molar-refractivity contribution in [3.05, 3.63) is 34.1 Å². The molecule has 1 atom stereocenters. The van der Waals surface area contributed by atoms with Crippen LogP contribution in [-0.4, -0.2) is 19.3 Å². The lowest BCUT2D eigenvalue weighted by Crippen LogP contribution is -2.40. The first-order valence-electron chi connectivity index (χ1n) is 5.15. The van der Waals surface area contributed by atoms with Gasteiger partial charge in [-0.25, -0.2) is 4.39 Å². The number of benzene rings is 1. The Kier molecular flexibility index (Phi) is 5.90. The van der Waals surface area contributed by atoms with Gasteiger partial charge in [-0.2, -0.15) is 0 Å². The minimum absolute atomic E-state index is 0.0799. The molecule has 1 aromatic carbocycles. The zero-order chi connectivity index (χ0) is 12.0. The molecule has 1 unspecified atom stereocenters. The normalized spacial score (nSPS) is 12.8. The molecule has 0 aliphatic carbocycles. The van der Waals surface area contributed by atoms with Gasteiger partial charge in [-0.3, -0.25) is 11.3 Å². The zero-order valence-corrected chi connectivity index (χ0v) is 10.8. The maximum Gasteiger partial charge on any atom is 0.126 e. The fourth-order valence-corrected chi connectivity index (χ4v) is 1.80. The maximum atomic E-state index is 13.5. The van der Waals surface area contributed by atoms with E-state index in [0.29, 0.717) is 25.2 Å². The molecule has 0 spiro atoms. The van der Waals surface area contributed by atoms with Crippen molar-refractivity contribution < 1.29 is 9.13 Å². The van der Waals surface area contributed by atoms with Crippen LogP contribution in [0, 0.1) is 5.82 Å². The Morgan fingerprint density at radius 1 is 1.56 bits per heavy atom. The predicted molar refractivity (Wildman–Crippen MR) is 65.4 cm³/mol. The fourth-order valence-electron chi connectivity index (χ4n) is 1.39. The molecule has 16 heavy (non-hydrogen) atoms. The summed E-state index contributed by atoms with van der Waals surface area (Å²) < 4.78 is 19.6. The summed E-state index contributed by atoms with van der Waals surface area (Å²) in [5.74, 6) is 5.16. The summed E-state index contributed by atoms with van der Waals surface area (Å²) >= 11 is 3.31. The first-order chi connectivity index (χ1) is 7.67. The van der Waals surface area contributed by atoms with Crippen molar-refractivity contribution in [1.82, 2.24) is 5.43 Å². The lowest BCUT2D eigenvalue weighted by Gasteiger charge is -2.16. The molecule has 0 aliphatic rings. The predicted octanol–water partition coefficient (Wildman–Crippen LogP) is 2.00. The van der Waals surface area contributed by atoms with Gasteiger partial charge in [0.15, 0.2) is 0 Å². The van der Waals surface area contributed by atoms with Crippen LogP contribution < -0.4 is 11.3 Å². The summed E-state index contributed by atoms with van der Waals surface area (Å²) in [5.41, 5.74) is 3.25. The van der Waals surface area contributed by atoms with Gasteiger partial charge >= 0.3 is 0 Å². The number of nitrogens with one attached hydrogen (secondary N) is 1. The van der Waals surface area contributed by atoms with E-state index in [4.69, 9.17) is 10.6 Å². The van der Waals surface area contributed by atoms with Crippen LogP contribution in [0.1, 0.15) is 12.5 Å². The third-order valence-electron chi connectivity index (χ3n) is 2.23. The molecular formula is C11H16BrFN2O. The van der Waals surface area contributed by atoms with E-state index >= 15 is 0 Å². The highest BCUT2D eigenvalue weighted by Gasteiger charge is 2.11. The van der Waals surface area contributed by atoms with Gasteiger partial charge in [0.05, 0.1) is 6.61 Å². The summed E-state index contributed by atoms with van der Waals surface area (Å²) in [6.45, 7) is 3.01. The third kappa shape index (κ3) is 4.17. The molecule has 0 saturated heterocycles. The van der Waals surface area contributed by atoms with Crippen molar-refractivity contribution in [3.63, 3.8) is 0 Å². The van der Waals surface area contributed by atoms with Gasteiger partial charge < -0.3 is 4.74 Å². The van der Waals surface area contributed by atoms with Crippen LogP contribution >= 0.6 is 15.9 Å². The second-order valence-electron chi connectivity index (χ2n) is 3.46. The van der Waals surface area contributed by atoms with Gasteiger partial charge in [-0.05, 0) is 37.1 Å². The monoisotopic (exact) mass is 290 g/mol. The van der Waals surface area contributed by atoms with Crippen molar-refractivity contribution in [2.45, 2.75) is 19.4 Å². The second-order valence-corrected chi connectivity index (χ2v) is 4.38. The van der Waals surface area contributed by atoms with Crippen LogP contribution in [-0.2, 0) is 11.2 Å². The van der Waals surface area contributed by atoms with Crippen LogP contribution in [0.4, 0.5) is 4.39 Å². The Morgan fingerprint density at radius 2 is 2.31 bits per heavy atom. The molecule has 0 aromatic heterocycles. The van der Waals surface area contributed by atoms with Crippen molar-refractivity contribution in [2.24, 2.45) is 5.84 Å². The first-order valence-corrected chi connectivity index (χ1v) is 5.94. The molecule has 0 saturated carbocycles. The molecule has 0 fully saturated rings. The van der Waals surface area contributed by atoms with Crippen LogP contribution in [0.5, 0.6) is 0 Å². The zero-order valence-electron chi connectivity index (χ0n) is 9.17. The lowest BCUT2D eigenvalue weighted by atomic mass is 10.1.